The van der Waals surface area contributed by atoms with Gasteiger partial charge in [0.05, 0.1) is 24.9 Å². The minimum atomic E-state index is -0.217. The van der Waals surface area contributed by atoms with Gasteiger partial charge < -0.3 is 19.8 Å². The van der Waals surface area contributed by atoms with Crippen molar-refractivity contribution in [3.8, 4) is 0 Å². The fraction of sp³-hybridized carbons (Fsp3) is 0.500. The van der Waals surface area contributed by atoms with Crippen LogP contribution in [-0.2, 0) is 13.1 Å². The summed E-state index contributed by atoms with van der Waals surface area (Å²) in [5.74, 6) is 0. The third-order valence-corrected chi connectivity index (χ3v) is 4.32. The number of rotatable bonds is 5. The molecule has 8 nitrogen and oxygen atoms in total. The lowest BCUT2D eigenvalue weighted by molar-refractivity contribution is 0.143. The van der Waals surface area contributed by atoms with Crippen LogP contribution in [-0.4, -0.2) is 43.0 Å². The molecule has 24 heavy (non-hydrogen) atoms. The van der Waals surface area contributed by atoms with Crippen LogP contribution in [0.25, 0.3) is 0 Å². The Labute approximate surface area is 139 Å². The molecule has 2 amide bonds. The molecule has 0 unspecified atom stereocenters. The molecular weight excluding hydrogens is 308 g/mol. The molecule has 2 N–H and O–H groups in total. The maximum Gasteiger partial charge on any atom is 0.317 e. The fourth-order valence-electron chi connectivity index (χ4n) is 3.06. The number of aromatic nitrogens is 4. The van der Waals surface area contributed by atoms with E-state index in [-0.39, 0.29) is 24.2 Å². The van der Waals surface area contributed by atoms with Gasteiger partial charge in [0.25, 0.3) is 5.56 Å². The zero-order chi connectivity index (χ0) is 16.8. The summed E-state index contributed by atoms with van der Waals surface area (Å²) in [7, 11) is 0. The van der Waals surface area contributed by atoms with E-state index in [1.54, 1.807) is 12.5 Å². The summed E-state index contributed by atoms with van der Waals surface area (Å²) in [5, 5.41) is 2.87. The van der Waals surface area contributed by atoms with Gasteiger partial charge in [-0.1, -0.05) is 0 Å². The summed E-state index contributed by atoms with van der Waals surface area (Å²) in [6.45, 7) is 1.88. The lowest BCUT2D eigenvalue weighted by Crippen LogP contribution is -2.48. The van der Waals surface area contributed by atoms with Crippen LogP contribution in [0.5, 0.6) is 0 Å². The van der Waals surface area contributed by atoms with Gasteiger partial charge in [-0.05, 0) is 25.7 Å². The molecule has 0 aliphatic carbocycles. The number of hydrogen-bond donors (Lipinski definition) is 2. The first-order valence-electron chi connectivity index (χ1n) is 8.26. The highest BCUT2D eigenvalue weighted by Gasteiger charge is 2.26. The number of H-pyrrole nitrogens is 1. The van der Waals surface area contributed by atoms with Crippen LogP contribution in [0.2, 0.25) is 0 Å². The molecule has 3 heterocycles. The van der Waals surface area contributed by atoms with E-state index in [0.29, 0.717) is 5.69 Å². The molecule has 2 aromatic heterocycles. The van der Waals surface area contributed by atoms with Crippen LogP contribution >= 0.6 is 0 Å². The molecule has 128 valence electrons. The molecule has 1 aliphatic rings. The number of nitrogens with zero attached hydrogens (tertiary/aromatic N) is 4. The van der Waals surface area contributed by atoms with Gasteiger partial charge in [0, 0.05) is 37.6 Å². The van der Waals surface area contributed by atoms with E-state index in [0.717, 1.165) is 38.8 Å². The molecule has 8 heteroatoms. The number of hydrogen-bond acceptors (Lipinski definition) is 4. The van der Waals surface area contributed by atoms with Crippen molar-refractivity contribution in [3.05, 3.63) is 47.2 Å². The Balaban J connectivity index is 1.55. The fourth-order valence-corrected chi connectivity index (χ4v) is 3.06. The number of carbonyl (C=O) groups excluding carboxylic acids is 1. The first-order valence-corrected chi connectivity index (χ1v) is 8.26. The number of piperidine rings is 1. The summed E-state index contributed by atoms with van der Waals surface area (Å²) in [6, 6.07) is 1.54. The van der Waals surface area contributed by atoms with Crippen LogP contribution < -0.4 is 10.9 Å². The minimum absolute atomic E-state index is 0.0904. The summed E-state index contributed by atoms with van der Waals surface area (Å²) in [5.41, 5.74) is 0.338. The van der Waals surface area contributed by atoms with Gasteiger partial charge in [0.15, 0.2) is 0 Å². The third-order valence-electron chi connectivity index (χ3n) is 4.32. The second-order valence-corrected chi connectivity index (χ2v) is 5.99. The average Bonchev–Trinajstić information content (AvgIpc) is 3.12. The second-order valence-electron chi connectivity index (χ2n) is 5.99. The quantitative estimate of drug-likeness (QED) is 0.859. The standard InChI is InChI=1S/C16H22N6O2/c23-15-9-13(19-11-20-15)10-18-16(24)22-6-2-1-3-14(22)4-7-21-8-5-17-12-21/h5,8-9,11-12,14H,1-4,6-7,10H2,(H,18,24)(H,19,20,23)/t14-/m0/s1. The van der Waals surface area contributed by atoms with E-state index in [1.165, 1.54) is 12.4 Å². The molecule has 0 saturated carbocycles. The van der Waals surface area contributed by atoms with Crippen LogP contribution in [0.4, 0.5) is 4.79 Å². The monoisotopic (exact) mass is 330 g/mol. The molecule has 0 aromatic carbocycles. The highest BCUT2D eigenvalue weighted by Crippen LogP contribution is 2.20. The molecule has 1 aliphatic heterocycles. The van der Waals surface area contributed by atoms with Gasteiger partial charge in [0.1, 0.15) is 0 Å². The van der Waals surface area contributed by atoms with E-state index in [2.05, 4.69) is 20.3 Å². The van der Waals surface area contributed by atoms with Crippen molar-refractivity contribution in [2.75, 3.05) is 6.54 Å². The van der Waals surface area contributed by atoms with Crippen molar-refractivity contribution in [2.45, 2.75) is 44.8 Å². The number of urea groups is 1. The van der Waals surface area contributed by atoms with Gasteiger partial charge in [-0.3, -0.25) is 4.79 Å². The van der Waals surface area contributed by atoms with E-state index in [9.17, 15) is 9.59 Å². The van der Waals surface area contributed by atoms with E-state index < -0.39 is 0 Å². The zero-order valence-electron chi connectivity index (χ0n) is 13.5. The largest absolute Gasteiger partial charge is 0.337 e. The van der Waals surface area contributed by atoms with Crippen molar-refractivity contribution >= 4 is 6.03 Å². The number of nitrogens with one attached hydrogen (secondary N) is 2. The van der Waals surface area contributed by atoms with Gasteiger partial charge in [-0.2, -0.15) is 0 Å². The summed E-state index contributed by atoms with van der Waals surface area (Å²) < 4.78 is 2.03. The number of aromatic amines is 1. The SMILES string of the molecule is O=C(NCc1cc(=O)[nH]cn1)N1CCCC[C@H]1CCn1ccnc1. The Morgan fingerprint density at radius 1 is 1.42 bits per heavy atom. The lowest BCUT2D eigenvalue weighted by atomic mass is 10.00. The number of amides is 2. The molecule has 0 spiro atoms. The molecule has 1 saturated heterocycles. The predicted molar refractivity (Wildman–Crippen MR) is 88.3 cm³/mol. The van der Waals surface area contributed by atoms with Crippen molar-refractivity contribution in [1.29, 1.82) is 0 Å². The van der Waals surface area contributed by atoms with Crippen LogP contribution in [0.15, 0.2) is 35.9 Å². The number of imidazole rings is 1. The van der Waals surface area contributed by atoms with Gasteiger partial charge in [-0.25, -0.2) is 14.8 Å². The highest BCUT2D eigenvalue weighted by atomic mass is 16.2. The average molecular weight is 330 g/mol. The topological polar surface area (TPSA) is 95.9 Å². The van der Waals surface area contributed by atoms with Crippen LogP contribution in [0, 0.1) is 0 Å². The van der Waals surface area contributed by atoms with Gasteiger partial charge >= 0.3 is 6.03 Å². The van der Waals surface area contributed by atoms with E-state index >= 15 is 0 Å². The molecule has 1 atom stereocenters. The van der Waals surface area contributed by atoms with Crippen molar-refractivity contribution in [3.63, 3.8) is 0 Å². The molecule has 0 bridgehead atoms. The Morgan fingerprint density at radius 3 is 3.12 bits per heavy atom. The molecule has 0 radical (unpaired) electrons. The smallest absolute Gasteiger partial charge is 0.317 e. The van der Waals surface area contributed by atoms with E-state index in [4.69, 9.17) is 0 Å². The first kappa shape index (κ1) is 16.2. The zero-order valence-corrected chi connectivity index (χ0v) is 13.5. The second kappa shape index (κ2) is 7.76. The Morgan fingerprint density at radius 2 is 2.33 bits per heavy atom. The number of aryl methyl sites for hydroxylation is 1. The van der Waals surface area contributed by atoms with Crippen LogP contribution in [0.3, 0.4) is 0 Å². The predicted octanol–water partition coefficient (Wildman–Crippen LogP) is 1.12. The van der Waals surface area contributed by atoms with Crippen molar-refractivity contribution in [1.82, 2.24) is 29.7 Å². The summed E-state index contributed by atoms with van der Waals surface area (Å²) in [4.78, 5) is 36.2. The Hall–Kier alpha value is -2.64. The molecular formula is C16H22N6O2. The van der Waals surface area contributed by atoms with Crippen LogP contribution in [0.1, 0.15) is 31.4 Å². The third kappa shape index (κ3) is 4.21. The van der Waals surface area contributed by atoms with Gasteiger partial charge in [-0.15, -0.1) is 0 Å². The maximum absolute atomic E-state index is 12.5. The Kier molecular flexibility index (Phi) is 5.25. The van der Waals surface area contributed by atoms with Crippen molar-refractivity contribution in [2.24, 2.45) is 0 Å². The molecule has 3 rings (SSSR count). The first-order chi connectivity index (χ1) is 11.7. The Bertz CT molecular complexity index is 711. The number of likely N-dealkylation sites (tertiary alicyclic amines) is 1. The van der Waals surface area contributed by atoms with Crippen molar-refractivity contribution < 1.29 is 4.79 Å². The minimum Gasteiger partial charge on any atom is -0.337 e. The highest BCUT2D eigenvalue weighted by molar-refractivity contribution is 5.74. The molecule has 1 fully saturated rings. The molecule has 2 aromatic rings. The summed E-state index contributed by atoms with van der Waals surface area (Å²) in [6.07, 6.45) is 10.9. The van der Waals surface area contributed by atoms with Gasteiger partial charge in [0.2, 0.25) is 0 Å². The maximum atomic E-state index is 12.5. The lowest BCUT2D eigenvalue weighted by Gasteiger charge is -2.35. The normalized spacial score (nSPS) is 17.7. The number of carbonyl (C=O) groups is 1. The van der Waals surface area contributed by atoms with E-state index in [1.807, 2.05) is 15.7 Å². The summed E-state index contributed by atoms with van der Waals surface area (Å²) >= 11 is 0.